The molecule has 0 aliphatic carbocycles. The summed E-state index contributed by atoms with van der Waals surface area (Å²) in [4.78, 5) is 22.9. The number of anilines is 1. The summed E-state index contributed by atoms with van der Waals surface area (Å²) in [6, 6.07) is 1.37. The number of imidazole rings is 1. The highest BCUT2D eigenvalue weighted by Crippen LogP contribution is 2.14. The predicted octanol–water partition coefficient (Wildman–Crippen LogP) is 1.74. The van der Waals surface area contributed by atoms with Gasteiger partial charge >= 0.3 is 0 Å². The van der Waals surface area contributed by atoms with E-state index in [0.717, 1.165) is 12.2 Å². The van der Waals surface area contributed by atoms with Crippen LogP contribution in [0.1, 0.15) is 29.5 Å². The maximum atomic E-state index is 14.1. The zero-order valence-electron chi connectivity index (χ0n) is 11.8. The van der Waals surface area contributed by atoms with E-state index < -0.39 is 11.7 Å². The topological polar surface area (TPSA) is 82.7 Å². The van der Waals surface area contributed by atoms with Crippen molar-refractivity contribution >= 4 is 11.7 Å². The van der Waals surface area contributed by atoms with Crippen LogP contribution < -0.4 is 10.6 Å². The van der Waals surface area contributed by atoms with Crippen molar-refractivity contribution in [3.8, 4) is 0 Å². The van der Waals surface area contributed by atoms with Gasteiger partial charge in [0.15, 0.2) is 11.6 Å². The summed E-state index contributed by atoms with van der Waals surface area (Å²) >= 11 is 0. The number of aromatic amines is 1. The Balaban J connectivity index is 1.95. The van der Waals surface area contributed by atoms with E-state index in [1.807, 2.05) is 6.92 Å². The molecule has 0 bridgehead atoms. The Kier molecular flexibility index (Phi) is 5.25. The van der Waals surface area contributed by atoms with Gasteiger partial charge in [-0.1, -0.05) is 6.92 Å². The van der Waals surface area contributed by atoms with Gasteiger partial charge in [0, 0.05) is 38.1 Å². The number of nitrogens with one attached hydrogen (secondary N) is 3. The fourth-order valence-corrected chi connectivity index (χ4v) is 1.81. The Morgan fingerprint density at radius 1 is 1.33 bits per heavy atom. The number of carbonyl (C=O) groups is 1. The van der Waals surface area contributed by atoms with Crippen LogP contribution in [0.25, 0.3) is 0 Å². The first kappa shape index (κ1) is 15.0. The van der Waals surface area contributed by atoms with E-state index in [-0.39, 0.29) is 11.4 Å². The molecular weight excluding hydrogens is 273 g/mol. The lowest BCUT2D eigenvalue weighted by atomic mass is 10.2. The van der Waals surface area contributed by atoms with Crippen LogP contribution in [0, 0.1) is 5.82 Å². The summed E-state index contributed by atoms with van der Waals surface area (Å²) in [6.07, 6.45) is 6.19. The van der Waals surface area contributed by atoms with Gasteiger partial charge in [-0.3, -0.25) is 4.79 Å². The Morgan fingerprint density at radius 3 is 2.90 bits per heavy atom. The summed E-state index contributed by atoms with van der Waals surface area (Å²) < 4.78 is 14.1. The highest BCUT2D eigenvalue weighted by molar-refractivity contribution is 5.95. The number of pyridine rings is 1. The van der Waals surface area contributed by atoms with Gasteiger partial charge in [-0.05, 0) is 12.5 Å². The number of rotatable bonds is 7. The quantitative estimate of drug-likeness (QED) is 0.725. The fourth-order valence-electron chi connectivity index (χ4n) is 1.81. The number of H-pyrrole nitrogens is 1. The van der Waals surface area contributed by atoms with Crippen molar-refractivity contribution in [3.05, 3.63) is 41.9 Å². The summed E-state index contributed by atoms with van der Waals surface area (Å²) in [5, 5.41) is 5.52. The number of hydrogen-bond acceptors (Lipinski definition) is 4. The molecule has 0 aliphatic rings. The van der Waals surface area contributed by atoms with E-state index in [1.165, 1.54) is 12.3 Å². The molecule has 6 nitrogen and oxygen atoms in total. The smallest absolute Gasteiger partial charge is 0.254 e. The SMILES string of the molecule is CCCNc1nccc(C(=O)NCCc2ncc[nH]2)c1F. The molecule has 0 atom stereocenters. The number of halogens is 1. The van der Waals surface area contributed by atoms with Crippen LogP contribution in [0.5, 0.6) is 0 Å². The van der Waals surface area contributed by atoms with Crippen molar-refractivity contribution < 1.29 is 9.18 Å². The zero-order valence-corrected chi connectivity index (χ0v) is 11.8. The standard InChI is InChI=1S/C14H18FN5O/c1-2-5-18-13-12(15)10(3-6-19-13)14(21)20-7-4-11-16-8-9-17-11/h3,6,8-9H,2,4-5,7H2,1H3,(H,16,17)(H,18,19)(H,20,21). The lowest BCUT2D eigenvalue weighted by Gasteiger charge is -2.09. The number of aromatic nitrogens is 3. The Bertz CT molecular complexity index is 585. The lowest BCUT2D eigenvalue weighted by molar-refractivity contribution is 0.0950. The molecule has 7 heteroatoms. The number of nitrogens with zero attached hydrogens (tertiary/aromatic N) is 2. The van der Waals surface area contributed by atoms with E-state index >= 15 is 0 Å². The van der Waals surface area contributed by atoms with Gasteiger partial charge in [0.1, 0.15) is 5.82 Å². The molecule has 0 unspecified atom stereocenters. The largest absolute Gasteiger partial charge is 0.368 e. The van der Waals surface area contributed by atoms with Crippen LogP contribution in [0.15, 0.2) is 24.7 Å². The highest BCUT2D eigenvalue weighted by atomic mass is 19.1. The van der Waals surface area contributed by atoms with Crippen molar-refractivity contribution in [1.82, 2.24) is 20.3 Å². The molecule has 0 saturated carbocycles. The molecule has 0 saturated heterocycles. The van der Waals surface area contributed by atoms with E-state index in [2.05, 4.69) is 25.6 Å². The minimum atomic E-state index is -0.624. The number of amides is 1. The molecule has 2 heterocycles. The highest BCUT2D eigenvalue weighted by Gasteiger charge is 2.15. The molecule has 2 aromatic heterocycles. The average Bonchev–Trinajstić information content (AvgIpc) is 2.99. The second-order valence-corrected chi connectivity index (χ2v) is 4.49. The summed E-state index contributed by atoms with van der Waals surface area (Å²) in [5.41, 5.74) is -0.0111. The van der Waals surface area contributed by atoms with Crippen molar-refractivity contribution in [2.75, 3.05) is 18.4 Å². The molecule has 0 radical (unpaired) electrons. The van der Waals surface area contributed by atoms with Crippen LogP contribution in [0.3, 0.4) is 0 Å². The van der Waals surface area contributed by atoms with E-state index in [1.54, 1.807) is 12.4 Å². The first-order valence-corrected chi connectivity index (χ1v) is 6.87. The van der Waals surface area contributed by atoms with Crippen molar-refractivity contribution in [2.24, 2.45) is 0 Å². The van der Waals surface area contributed by atoms with Crippen molar-refractivity contribution in [2.45, 2.75) is 19.8 Å². The van der Waals surface area contributed by atoms with Gasteiger partial charge in [0.05, 0.1) is 5.56 Å². The van der Waals surface area contributed by atoms with Crippen molar-refractivity contribution in [3.63, 3.8) is 0 Å². The monoisotopic (exact) mass is 291 g/mol. The third kappa shape index (κ3) is 4.01. The molecule has 1 amide bonds. The van der Waals surface area contributed by atoms with Crippen molar-refractivity contribution in [1.29, 1.82) is 0 Å². The molecule has 2 rings (SSSR count). The molecule has 21 heavy (non-hydrogen) atoms. The first-order chi connectivity index (χ1) is 10.2. The molecule has 0 aliphatic heterocycles. The molecular formula is C14H18FN5O. The summed E-state index contributed by atoms with van der Waals surface area (Å²) in [7, 11) is 0. The Labute approximate surface area is 122 Å². The molecule has 3 N–H and O–H groups in total. The first-order valence-electron chi connectivity index (χ1n) is 6.87. The number of hydrogen-bond donors (Lipinski definition) is 3. The average molecular weight is 291 g/mol. The van der Waals surface area contributed by atoms with Gasteiger partial charge < -0.3 is 15.6 Å². The van der Waals surface area contributed by atoms with Crippen LogP contribution in [-0.4, -0.2) is 33.9 Å². The minimum Gasteiger partial charge on any atom is -0.368 e. The van der Waals surface area contributed by atoms with Gasteiger partial charge in [0.25, 0.3) is 5.91 Å². The molecule has 0 spiro atoms. The fraction of sp³-hybridized carbons (Fsp3) is 0.357. The van der Waals surface area contributed by atoms with Crippen LogP contribution >= 0.6 is 0 Å². The minimum absolute atomic E-state index is 0.0111. The third-order valence-corrected chi connectivity index (χ3v) is 2.88. The maximum absolute atomic E-state index is 14.1. The lowest BCUT2D eigenvalue weighted by Crippen LogP contribution is -2.27. The van der Waals surface area contributed by atoms with Gasteiger partial charge in [-0.15, -0.1) is 0 Å². The second kappa shape index (κ2) is 7.37. The summed E-state index contributed by atoms with van der Waals surface area (Å²) in [6.45, 7) is 2.95. The van der Waals surface area contributed by atoms with Crippen LogP contribution in [0.4, 0.5) is 10.2 Å². The van der Waals surface area contributed by atoms with Crippen LogP contribution in [0.2, 0.25) is 0 Å². The molecule has 0 aromatic carbocycles. The van der Waals surface area contributed by atoms with Gasteiger partial charge in [0.2, 0.25) is 0 Å². The summed E-state index contributed by atoms with van der Waals surface area (Å²) in [5.74, 6) is -0.200. The van der Waals surface area contributed by atoms with E-state index in [9.17, 15) is 9.18 Å². The Morgan fingerprint density at radius 2 is 2.19 bits per heavy atom. The molecule has 2 aromatic rings. The molecule has 0 fully saturated rings. The van der Waals surface area contributed by atoms with Gasteiger partial charge in [-0.2, -0.15) is 0 Å². The third-order valence-electron chi connectivity index (χ3n) is 2.88. The number of carbonyl (C=O) groups excluding carboxylic acids is 1. The second-order valence-electron chi connectivity index (χ2n) is 4.49. The van der Waals surface area contributed by atoms with E-state index in [4.69, 9.17) is 0 Å². The van der Waals surface area contributed by atoms with Gasteiger partial charge in [-0.25, -0.2) is 14.4 Å². The Hall–Kier alpha value is -2.44. The van der Waals surface area contributed by atoms with Crippen LogP contribution in [-0.2, 0) is 6.42 Å². The zero-order chi connectivity index (χ0) is 15.1. The molecule has 112 valence electrons. The van der Waals surface area contributed by atoms with E-state index in [0.29, 0.717) is 19.5 Å². The normalized spacial score (nSPS) is 10.4. The predicted molar refractivity (Wildman–Crippen MR) is 77.6 cm³/mol. The maximum Gasteiger partial charge on any atom is 0.254 e.